The van der Waals surface area contributed by atoms with Gasteiger partial charge in [0.2, 0.25) is 29.5 Å². The Morgan fingerprint density at radius 1 is 0.905 bits per heavy atom. The van der Waals surface area contributed by atoms with Crippen LogP contribution < -0.4 is 31.9 Å². The van der Waals surface area contributed by atoms with Crippen molar-refractivity contribution in [2.45, 2.75) is 58.8 Å². The Balaban J connectivity index is 0.884. The highest BCUT2D eigenvalue weighted by atomic mass is 32.1. The third-order valence-corrected chi connectivity index (χ3v) is 11.1. The maximum Gasteiger partial charge on any atom is 0.323 e. The minimum Gasteiger partial charge on any atom is -0.391 e. The van der Waals surface area contributed by atoms with Gasteiger partial charge in [-0.3, -0.25) is 24.0 Å². The van der Waals surface area contributed by atoms with Gasteiger partial charge in [0.15, 0.2) is 0 Å². The molecule has 0 aliphatic carbocycles. The first kappa shape index (κ1) is 45.6. The van der Waals surface area contributed by atoms with E-state index in [1.807, 2.05) is 55.6 Å². The summed E-state index contributed by atoms with van der Waals surface area (Å²) in [6.07, 6.45) is 3.08. The van der Waals surface area contributed by atoms with Crippen LogP contribution in [0.3, 0.4) is 0 Å². The van der Waals surface area contributed by atoms with Gasteiger partial charge in [0.1, 0.15) is 18.7 Å². The van der Waals surface area contributed by atoms with Crippen LogP contribution in [-0.4, -0.2) is 100 Å². The zero-order chi connectivity index (χ0) is 45.1. The van der Waals surface area contributed by atoms with Gasteiger partial charge in [-0.15, -0.1) is 11.3 Å². The monoisotopic (exact) mass is 877 g/mol. The number of aryl methyl sites for hydroxylation is 1. The maximum absolute atomic E-state index is 13.9. The second-order valence-corrected chi connectivity index (χ2v) is 16.9. The number of H-pyrrole nitrogens is 1. The van der Waals surface area contributed by atoms with Crippen LogP contribution >= 0.6 is 11.3 Å². The number of nitrogens with one attached hydrogen (secondary N) is 7. The molecule has 18 heteroatoms. The molecule has 17 nitrogen and oxygen atoms in total. The molecule has 0 radical (unpaired) electrons. The second-order valence-electron chi connectivity index (χ2n) is 16.0. The molecule has 7 amide bonds. The van der Waals surface area contributed by atoms with Crippen molar-refractivity contribution < 1.29 is 38.6 Å². The fourth-order valence-electron chi connectivity index (χ4n) is 6.85. The van der Waals surface area contributed by atoms with E-state index in [-0.39, 0.29) is 32.7 Å². The summed E-state index contributed by atoms with van der Waals surface area (Å²) >= 11 is 1.55. The van der Waals surface area contributed by atoms with Crippen LogP contribution in [-0.2, 0) is 35.3 Å². The molecular weight excluding hydrogens is 827 g/mol. The molecule has 1 fully saturated rings. The number of rotatable bonds is 16. The average Bonchev–Trinajstić information content (AvgIpc) is 4.01. The molecule has 3 atom stereocenters. The number of hydrogen-bond donors (Lipinski definition) is 8. The number of anilines is 3. The first-order valence-corrected chi connectivity index (χ1v) is 21.2. The van der Waals surface area contributed by atoms with Crippen molar-refractivity contribution in [3.05, 3.63) is 108 Å². The Kier molecular flexibility index (Phi) is 15.1. The minimum atomic E-state index is -1.04. The lowest BCUT2D eigenvalue weighted by Crippen LogP contribution is -2.58. The molecule has 0 saturated carbocycles. The van der Waals surface area contributed by atoms with Gasteiger partial charge < -0.3 is 51.6 Å². The first-order valence-electron chi connectivity index (χ1n) is 20.3. The number of aromatic nitrogens is 2. The van der Waals surface area contributed by atoms with Crippen LogP contribution in [0.25, 0.3) is 21.3 Å². The largest absolute Gasteiger partial charge is 0.391 e. The van der Waals surface area contributed by atoms with E-state index in [2.05, 4.69) is 41.9 Å². The summed E-state index contributed by atoms with van der Waals surface area (Å²) in [6, 6.07) is 19.2. The summed E-state index contributed by atoms with van der Waals surface area (Å²) in [6.45, 7) is 7.04. The highest BCUT2D eigenvalue weighted by Gasteiger charge is 2.44. The zero-order valence-electron chi connectivity index (χ0n) is 35.3. The summed E-state index contributed by atoms with van der Waals surface area (Å²) in [5.41, 5.74) is 6.41. The first-order chi connectivity index (χ1) is 30.1. The van der Waals surface area contributed by atoms with E-state index in [1.165, 1.54) is 4.90 Å². The van der Waals surface area contributed by atoms with Crippen LogP contribution in [0.4, 0.5) is 21.9 Å². The fraction of sp³-hybridized carbons (Fsp3) is 0.311. The number of benzene rings is 3. The summed E-state index contributed by atoms with van der Waals surface area (Å²) < 4.78 is 5.44. The molecule has 3 aromatic carbocycles. The highest BCUT2D eigenvalue weighted by molar-refractivity contribution is 7.13. The molecule has 8 N–H and O–H groups in total. The Bertz CT molecular complexity index is 2460. The van der Waals surface area contributed by atoms with Crippen molar-refractivity contribution in [2.24, 2.45) is 5.41 Å². The van der Waals surface area contributed by atoms with Crippen molar-refractivity contribution in [3.8, 4) is 10.4 Å². The maximum atomic E-state index is 13.9. The summed E-state index contributed by atoms with van der Waals surface area (Å²) in [4.78, 5) is 87.2. The van der Waals surface area contributed by atoms with Gasteiger partial charge in [-0.1, -0.05) is 45.0 Å². The predicted molar refractivity (Wildman–Crippen MR) is 241 cm³/mol. The van der Waals surface area contributed by atoms with Gasteiger partial charge in [0, 0.05) is 72.4 Å². The van der Waals surface area contributed by atoms with Gasteiger partial charge >= 0.3 is 6.03 Å². The quantitative estimate of drug-likeness (QED) is 0.0507. The second kappa shape index (κ2) is 20.8. The van der Waals surface area contributed by atoms with Crippen LogP contribution in [0.1, 0.15) is 38.4 Å². The van der Waals surface area contributed by atoms with Crippen molar-refractivity contribution in [2.75, 3.05) is 42.3 Å². The SMILES string of the molecule is Cc1ncsc1-c1ccc(CNC(=O)[C@@H]2C[C@@H](O)CN2C(=O)[C@@H](NC(=O)COCCNC(=O)/C=C/C(=O)Nc2ccc(NC(=O)Nc3ccc4[nH]ccc4c3)cc2)C(C)(C)C)cc1. The van der Waals surface area contributed by atoms with Crippen molar-refractivity contribution >= 4 is 74.9 Å². The number of amides is 7. The number of urea groups is 1. The number of aliphatic hydroxyl groups is 1. The molecule has 5 aromatic rings. The van der Waals surface area contributed by atoms with Crippen molar-refractivity contribution in [3.63, 3.8) is 0 Å². The van der Waals surface area contributed by atoms with Crippen molar-refractivity contribution in [1.29, 1.82) is 0 Å². The van der Waals surface area contributed by atoms with Crippen molar-refractivity contribution in [1.82, 2.24) is 30.8 Å². The number of nitrogens with zero attached hydrogens (tertiary/aromatic N) is 2. The lowest BCUT2D eigenvalue weighted by atomic mass is 9.85. The number of aliphatic hydroxyl groups excluding tert-OH is 1. The minimum absolute atomic E-state index is 0.0286. The third kappa shape index (κ3) is 12.8. The number of thiazole rings is 1. The predicted octanol–water partition coefficient (Wildman–Crippen LogP) is 4.68. The Labute approximate surface area is 368 Å². The van der Waals surface area contributed by atoms with E-state index in [0.29, 0.717) is 17.1 Å². The number of likely N-dealkylation sites (tertiary alicyclic amines) is 1. The summed E-state index contributed by atoms with van der Waals surface area (Å²) in [5.74, 6) is -2.62. The van der Waals surface area contributed by atoms with Gasteiger partial charge in [-0.2, -0.15) is 0 Å². The van der Waals surface area contributed by atoms with Crippen LogP contribution in [0.15, 0.2) is 96.7 Å². The number of hydrogen-bond acceptors (Lipinski definition) is 10. The van der Waals surface area contributed by atoms with E-state index in [0.717, 1.165) is 44.8 Å². The van der Waals surface area contributed by atoms with E-state index < -0.39 is 65.8 Å². The smallest absolute Gasteiger partial charge is 0.323 e. The molecule has 3 heterocycles. The molecule has 6 rings (SSSR count). The van der Waals surface area contributed by atoms with Gasteiger partial charge in [0.25, 0.3) is 0 Å². The molecule has 2 aromatic heterocycles. The number of aromatic amines is 1. The van der Waals surface area contributed by atoms with Gasteiger partial charge in [0.05, 0.1) is 28.8 Å². The number of ether oxygens (including phenoxy) is 1. The number of β-amino-alcohol motifs (C(OH)–C–C–N with tert-alkyl or cyclic N) is 1. The molecule has 1 aliphatic heterocycles. The zero-order valence-corrected chi connectivity index (χ0v) is 36.1. The molecule has 1 aliphatic rings. The lowest BCUT2D eigenvalue weighted by Gasteiger charge is -2.35. The Morgan fingerprint density at radius 2 is 1.59 bits per heavy atom. The van der Waals surface area contributed by atoms with Gasteiger partial charge in [-0.25, -0.2) is 9.78 Å². The fourth-order valence-corrected chi connectivity index (χ4v) is 7.66. The van der Waals surface area contributed by atoms with Crippen LogP contribution in [0, 0.1) is 12.3 Å². The summed E-state index contributed by atoms with van der Waals surface area (Å²) in [7, 11) is 0. The summed E-state index contributed by atoms with van der Waals surface area (Å²) in [5, 5.41) is 27.8. The molecule has 1 saturated heterocycles. The number of carbonyl (C=O) groups is 6. The molecular formula is C45H51N9O8S. The highest BCUT2D eigenvalue weighted by Crippen LogP contribution is 2.28. The van der Waals surface area contributed by atoms with Crippen LogP contribution in [0.2, 0.25) is 0 Å². The molecule has 63 heavy (non-hydrogen) atoms. The molecule has 0 bridgehead atoms. The molecule has 0 spiro atoms. The van der Waals surface area contributed by atoms with E-state index in [9.17, 15) is 33.9 Å². The van der Waals surface area contributed by atoms with Crippen LogP contribution in [0.5, 0.6) is 0 Å². The van der Waals surface area contributed by atoms with Gasteiger partial charge in [-0.05, 0) is 72.0 Å². The normalized spacial score (nSPS) is 15.5. The van der Waals surface area contributed by atoms with E-state index >= 15 is 0 Å². The van der Waals surface area contributed by atoms with E-state index in [1.54, 1.807) is 68.0 Å². The standard InChI is InChI=1S/C45H51N9O8S/c1-27-40(63-26-49-27)29-7-5-28(6-8-29)23-48-42(59)36-22-34(55)24-54(36)43(60)41(45(2,3)4)53-39(58)25-62-20-19-47-37(56)15-16-38(57)50-31-9-11-32(12-10-31)51-44(61)52-33-13-14-35-30(21-33)17-18-46-35/h5-18,21,26,34,36,41,46,55H,19-20,22-25H2,1-4H3,(H,47,56)(H,48,59)(H,50,57)(H,53,58)(H2,51,52,61)/b16-15+/t34-,36+,41-/m1/s1. The lowest BCUT2D eigenvalue weighted by molar-refractivity contribution is -0.144. The number of fused-ring (bicyclic) bond motifs is 1. The average molecular weight is 878 g/mol. The molecule has 330 valence electrons. The third-order valence-electron chi connectivity index (χ3n) is 10.1. The van der Waals surface area contributed by atoms with E-state index in [4.69, 9.17) is 4.74 Å². The topological polar surface area (TPSA) is 236 Å². The molecule has 0 unspecified atom stereocenters. The number of carbonyl (C=O) groups excluding carboxylic acids is 6. The Morgan fingerprint density at radius 3 is 2.29 bits per heavy atom. The Hall–Kier alpha value is -6.89.